The van der Waals surface area contributed by atoms with Gasteiger partial charge in [0.2, 0.25) is 5.91 Å². The summed E-state index contributed by atoms with van der Waals surface area (Å²) in [6.45, 7) is 4.11. The van der Waals surface area contributed by atoms with E-state index in [0.717, 1.165) is 0 Å². The van der Waals surface area contributed by atoms with Crippen molar-refractivity contribution in [1.82, 2.24) is 5.32 Å². The third-order valence-corrected chi connectivity index (χ3v) is 1.87. The number of ether oxygens (including phenoxy) is 1. The number of amides is 1. The minimum atomic E-state index is -0.910. The van der Waals surface area contributed by atoms with Gasteiger partial charge in [-0.2, -0.15) is 0 Å². The van der Waals surface area contributed by atoms with Crippen LogP contribution in [-0.4, -0.2) is 36.7 Å². The monoisotopic (exact) mass is 217 g/mol. The summed E-state index contributed by atoms with van der Waals surface area (Å²) in [6, 6.07) is -0.329. The van der Waals surface area contributed by atoms with E-state index in [4.69, 9.17) is 9.84 Å². The number of carboxylic acid groups (broad SMARTS) is 1. The molecule has 88 valence electrons. The van der Waals surface area contributed by atoms with Crippen LogP contribution in [0.4, 0.5) is 0 Å². The number of carbonyl (C=O) groups is 2. The Balaban J connectivity index is 3.77. The van der Waals surface area contributed by atoms with Gasteiger partial charge >= 0.3 is 5.97 Å². The van der Waals surface area contributed by atoms with Crippen LogP contribution >= 0.6 is 0 Å². The van der Waals surface area contributed by atoms with Gasteiger partial charge in [-0.05, 0) is 12.8 Å². The Kier molecular flexibility index (Phi) is 6.70. The normalized spacial score (nSPS) is 14.3. The average Bonchev–Trinajstić information content (AvgIpc) is 2.00. The van der Waals surface area contributed by atoms with E-state index in [-0.39, 0.29) is 24.3 Å². The minimum Gasteiger partial charge on any atom is -0.481 e. The molecule has 0 aliphatic rings. The fourth-order valence-electron chi connectivity index (χ4n) is 1.31. The standard InChI is InChI=1S/C10H19NO4/c1-7(6-15-3)4-9(12)11-8(2)5-10(13)14/h7-8H,4-6H2,1-3H3,(H,11,12)(H,13,14). The maximum Gasteiger partial charge on any atom is 0.305 e. The zero-order chi connectivity index (χ0) is 11.8. The third-order valence-electron chi connectivity index (χ3n) is 1.87. The molecule has 2 N–H and O–H groups in total. The van der Waals surface area contributed by atoms with Crippen LogP contribution in [-0.2, 0) is 14.3 Å². The Bertz CT molecular complexity index is 217. The van der Waals surface area contributed by atoms with E-state index in [1.807, 2.05) is 6.92 Å². The number of carboxylic acids is 1. The summed E-state index contributed by atoms with van der Waals surface area (Å²) in [5, 5.41) is 11.1. The lowest BCUT2D eigenvalue weighted by Gasteiger charge is -2.14. The molecule has 15 heavy (non-hydrogen) atoms. The smallest absolute Gasteiger partial charge is 0.305 e. The van der Waals surface area contributed by atoms with Crippen molar-refractivity contribution in [2.75, 3.05) is 13.7 Å². The Morgan fingerprint density at radius 1 is 1.33 bits per heavy atom. The molecule has 0 aromatic rings. The molecular formula is C10H19NO4. The van der Waals surface area contributed by atoms with Crippen molar-refractivity contribution in [3.63, 3.8) is 0 Å². The van der Waals surface area contributed by atoms with Gasteiger partial charge in [0.05, 0.1) is 6.42 Å². The van der Waals surface area contributed by atoms with Crippen LogP contribution in [0.3, 0.4) is 0 Å². The molecular weight excluding hydrogens is 198 g/mol. The van der Waals surface area contributed by atoms with Crippen LogP contribution in [0, 0.1) is 5.92 Å². The van der Waals surface area contributed by atoms with E-state index in [9.17, 15) is 9.59 Å². The molecule has 0 aromatic heterocycles. The molecule has 0 aliphatic heterocycles. The second kappa shape index (κ2) is 7.23. The lowest BCUT2D eigenvalue weighted by atomic mass is 10.1. The molecule has 5 nitrogen and oxygen atoms in total. The Labute approximate surface area is 89.8 Å². The van der Waals surface area contributed by atoms with E-state index < -0.39 is 5.97 Å². The number of aliphatic carboxylic acids is 1. The first-order valence-corrected chi connectivity index (χ1v) is 4.95. The van der Waals surface area contributed by atoms with Crippen molar-refractivity contribution in [2.45, 2.75) is 32.7 Å². The van der Waals surface area contributed by atoms with E-state index in [1.165, 1.54) is 0 Å². The van der Waals surface area contributed by atoms with Crippen molar-refractivity contribution >= 4 is 11.9 Å². The molecule has 0 aromatic carbocycles. The molecule has 0 bridgehead atoms. The first-order valence-electron chi connectivity index (χ1n) is 4.95. The topological polar surface area (TPSA) is 75.6 Å². The lowest BCUT2D eigenvalue weighted by Crippen LogP contribution is -2.35. The number of rotatable bonds is 7. The summed E-state index contributed by atoms with van der Waals surface area (Å²) in [7, 11) is 1.58. The Morgan fingerprint density at radius 2 is 1.93 bits per heavy atom. The minimum absolute atomic E-state index is 0.0512. The van der Waals surface area contributed by atoms with Gasteiger partial charge in [0.25, 0.3) is 0 Å². The van der Waals surface area contributed by atoms with Gasteiger partial charge < -0.3 is 15.2 Å². The van der Waals surface area contributed by atoms with Gasteiger partial charge in [-0.1, -0.05) is 6.92 Å². The van der Waals surface area contributed by atoms with Crippen LogP contribution in [0.15, 0.2) is 0 Å². The molecule has 0 fully saturated rings. The molecule has 0 rings (SSSR count). The summed E-state index contributed by atoms with van der Waals surface area (Å²) >= 11 is 0. The molecule has 0 aliphatic carbocycles. The van der Waals surface area contributed by atoms with Crippen molar-refractivity contribution in [1.29, 1.82) is 0 Å². The van der Waals surface area contributed by atoms with Gasteiger partial charge in [-0.15, -0.1) is 0 Å². The molecule has 2 atom stereocenters. The van der Waals surface area contributed by atoms with Crippen LogP contribution < -0.4 is 5.32 Å². The van der Waals surface area contributed by atoms with Crippen molar-refractivity contribution in [2.24, 2.45) is 5.92 Å². The Morgan fingerprint density at radius 3 is 2.40 bits per heavy atom. The summed E-state index contributed by atoms with van der Waals surface area (Å²) in [4.78, 5) is 21.7. The summed E-state index contributed by atoms with van der Waals surface area (Å²) in [5.74, 6) is -0.895. The molecule has 0 spiro atoms. The largest absolute Gasteiger partial charge is 0.481 e. The molecule has 5 heteroatoms. The highest BCUT2D eigenvalue weighted by Crippen LogP contribution is 2.02. The highest BCUT2D eigenvalue weighted by Gasteiger charge is 2.13. The molecule has 0 heterocycles. The second-order valence-corrected chi connectivity index (χ2v) is 3.83. The van der Waals surface area contributed by atoms with E-state index in [0.29, 0.717) is 13.0 Å². The van der Waals surface area contributed by atoms with Gasteiger partial charge in [0.15, 0.2) is 0 Å². The van der Waals surface area contributed by atoms with Gasteiger partial charge in [0.1, 0.15) is 0 Å². The fourth-order valence-corrected chi connectivity index (χ4v) is 1.31. The number of methoxy groups -OCH3 is 1. The fraction of sp³-hybridized carbons (Fsp3) is 0.800. The first-order chi connectivity index (χ1) is 6.95. The summed E-state index contributed by atoms with van der Waals surface area (Å²) in [5.41, 5.74) is 0. The van der Waals surface area contributed by atoms with E-state index >= 15 is 0 Å². The predicted molar refractivity (Wildman–Crippen MR) is 55.5 cm³/mol. The van der Waals surface area contributed by atoms with Crippen LogP contribution in [0.1, 0.15) is 26.7 Å². The second-order valence-electron chi connectivity index (χ2n) is 3.83. The zero-order valence-corrected chi connectivity index (χ0v) is 9.45. The van der Waals surface area contributed by atoms with Crippen molar-refractivity contribution in [3.05, 3.63) is 0 Å². The maximum atomic E-state index is 11.4. The quantitative estimate of drug-likeness (QED) is 0.656. The summed E-state index contributed by atoms with van der Waals surface area (Å²) in [6.07, 6.45) is 0.308. The highest BCUT2D eigenvalue weighted by atomic mass is 16.5. The lowest BCUT2D eigenvalue weighted by molar-refractivity contribution is -0.137. The van der Waals surface area contributed by atoms with Crippen molar-refractivity contribution < 1.29 is 19.4 Å². The summed E-state index contributed by atoms with van der Waals surface area (Å²) < 4.78 is 4.90. The van der Waals surface area contributed by atoms with Crippen LogP contribution in [0.2, 0.25) is 0 Å². The van der Waals surface area contributed by atoms with Gasteiger partial charge in [-0.3, -0.25) is 9.59 Å². The SMILES string of the molecule is COCC(C)CC(=O)NC(C)CC(=O)O. The van der Waals surface area contributed by atoms with Crippen LogP contribution in [0.25, 0.3) is 0 Å². The number of carbonyl (C=O) groups excluding carboxylic acids is 1. The van der Waals surface area contributed by atoms with Crippen molar-refractivity contribution in [3.8, 4) is 0 Å². The predicted octanol–water partition coefficient (Wildman–Crippen LogP) is 0.638. The molecule has 2 unspecified atom stereocenters. The molecule has 1 amide bonds. The van der Waals surface area contributed by atoms with Gasteiger partial charge in [0, 0.05) is 26.2 Å². The van der Waals surface area contributed by atoms with Gasteiger partial charge in [-0.25, -0.2) is 0 Å². The molecule has 0 radical (unpaired) electrons. The Hall–Kier alpha value is -1.10. The maximum absolute atomic E-state index is 11.4. The van der Waals surface area contributed by atoms with E-state index in [1.54, 1.807) is 14.0 Å². The number of hydrogen-bond donors (Lipinski definition) is 2. The zero-order valence-electron chi connectivity index (χ0n) is 9.45. The third kappa shape index (κ3) is 7.93. The van der Waals surface area contributed by atoms with Crippen LogP contribution in [0.5, 0.6) is 0 Å². The first kappa shape index (κ1) is 13.9. The number of nitrogens with one attached hydrogen (secondary N) is 1. The highest BCUT2D eigenvalue weighted by molar-refractivity contribution is 5.77. The average molecular weight is 217 g/mol. The molecule has 0 saturated carbocycles. The molecule has 0 saturated heterocycles. The number of hydrogen-bond acceptors (Lipinski definition) is 3. The van der Waals surface area contributed by atoms with E-state index in [2.05, 4.69) is 5.32 Å².